The van der Waals surface area contributed by atoms with E-state index in [0.29, 0.717) is 24.8 Å². The Hall–Kier alpha value is -4.57. The maximum atomic E-state index is 15.9. The normalized spacial score (nSPS) is 20.5. The minimum Gasteiger partial charge on any atom is -0.467 e. The number of likely N-dealkylation sites (N-methyl/N-ethyl adjacent to an activating group) is 1. The zero-order chi connectivity index (χ0) is 37.3. The molecule has 6 heterocycles. The average Bonchev–Trinajstić information content (AvgIpc) is 3.84. The molecule has 0 radical (unpaired) electrons. The van der Waals surface area contributed by atoms with Gasteiger partial charge in [-0.05, 0) is 51.3 Å². The quantitative estimate of drug-likeness (QED) is 0.155. The Morgan fingerprint density at radius 1 is 1.10 bits per heavy atom. The summed E-state index contributed by atoms with van der Waals surface area (Å²) in [7, 11) is 2.90. The Labute approximate surface area is 300 Å². The van der Waals surface area contributed by atoms with Crippen molar-refractivity contribution in [3.63, 3.8) is 0 Å². The lowest BCUT2D eigenvalue weighted by molar-refractivity contribution is -0.137. The fourth-order valence-electron chi connectivity index (χ4n) is 6.92. The maximum Gasteiger partial charge on any atom is 0.418 e. The lowest BCUT2D eigenvalue weighted by Gasteiger charge is -2.27. The summed E-state index contributed by atoms with van der Waals surface area (Å²) in [4.78, 5) is 38.5. The van der Waals surface area contributed by atoms with Crippen LogP contribution in [0.1, 0.15) is 42.8 Å². The third kappa shape index (κ3) is 7.77. The van der Waals surface area contributed by atoms with Crippen molar-refractivity contribution in [2.24, 2.45) is 0 Å². The second-order valence-corrected chi connectivity index (χ2v) is 13.2. The summed E-state index contributed by atoms with van der Waals surface area (Å²) in [5.74, 6) is -2.36. The summed E-state index contributed by atoms with van der Waals surface area (Å²) in [6, 6.07) is 4.85. The molecule has 17 heteroatoms. The first kappa shape index (κ1) is 37.2. The number of aromatic nitrogens is 5. The van der Waals surface area contributed by atoms with Crippen LogP contribution in [0.15, 0.2) is 42.5 Å². The summed E-state index contributed by atoms with van der Waals surface area (Å²) in [6.45, 7) is 3.83. The van der Waals surface area contributed by atoms with Gasteiger partial charge in [-0.1, -0.05) is 23.7 Å². The molecule has 1 aromatic carbocycles. The van der Waals surface area contributed by atoms with Crippen molar-refractivity contribution >= 4 is 40.3 Å². The second-order valence-electron chi connectivity index (χ2n) is 12.8. The molecule has 0 N–H and O–H groups in total. The van der Waals surface area contributed by atoms with E-state index in [-0.39, 0.29) is 47.6 Å². The van der Waals surface area contributed by atoms with Crippen molar-refractivity contribution in [1.82, 2.24) is 34.7 Å². The molecule has 4 aromatic rings. The number of hydrogen-bond donors (Lipinski definition) is 0. The van der Waals surface area contributed by atoms with Crippen molar-refractivity contribution in [2.45, 2.75) is 57.0 Å². The zero-order valence-electron chi connectivity index (χ0n) is 28.5. The number of rotatable bonds is 6. The van der Waals surface area contributed by atoms with Crippen LogP contribution in [-0.2, 0) is 11.0 Å². The van der Waals surface area contributed by atoms with Crippen molar-refractivity contribution < 1.29 is 35.9 Å². The Bertz CT molecular complexity index is 1990. The van der Waals surface area contributed by atoms with Gasteiger partial charge in [0.1, 0.15) is 29.0 Å². The molecule has 3 fully saturated rings. The highest BCUT2D eigenvalue weighted by molar-refractivity contribution is 6.31. The molecule has 52 heavy (non-hydrogen) atoms. The van der Waals surface area contributed by atoms with Gasteiger partial charge in [-0.25, -0.2) is 23.1 Å². The van der Waals surface area contributed by atoms with Gasteiger partial charge < -0.3 is 14.5 Å². The first-order chi connectivity index (χ1) is 24.7. The molecule has 0 aliphatic carbocycles. The number of pyridine rings is 1. The van der Waals surface area contributed by atoms with E-state index in [4.69, 9.17) is 16.3 Å². The van der Waals surface area contributed by atoms with Crippen LogP contribution < -0.4 is 9.64 Å². The number of alkyl halides is 4. The smallest absolute Gasteiger partial charge is 0.418 e. The number of ether oxygens (including phenoxy) is 1. The topological polar surface area (TPSA) is 100 Å². The average molecular weight is 749 g/mol. The number of aryl methyl sites for hydroxylation is 1. The molecule has 0 saturated carbocycles. The number of carbonyl (C=O) groups excluding carboxylic acids is 1. The van der Waals surface area contributed by atoms with Gasteiger partial charge in [0.2, 0.25) is 0 Å². The van der Waals surface area contributed by atoms with E-state index in [1.807, 2.05) is 0 Å². The number of nitrogens with zero attached hydrogens (tertiary/aromatic N) is 8. The fourth-order valence-corrected chi connectivity index (χ4v) is 7.20. The van der Waals surface area contributed by atoms with Crippen LogP contribution >= 0.6 is 11.6 Å². The van der Waals surface area contributed by atoms with E-state index in [2.05, 4.69) is 29.8 Å². The standard InChI is InChI=1S/C28H23ClF5N7O2.C7H12FN/c1-14-35-9-7-15(37-14)11-20(30)26(42)41-10-8-16(13-41)40(2)25-18-12-36-23(22(31)24(18)38-27(39-25)43-3)17-5-4-6-19(29)21(17)28(32,33)34;8-6-4-7-2-1-3-9(7)5-6/h4-7,9,11-12,16H,8,10,13H2,1-3H3;6-7H,1-5H2/b20-11-;. The Kier molecular flexibility index (Phi) is 10.9. The van der Waals surface area contributed by atoms with Gasteiger partial charge in [0.15, 0.2) is 11.6 Å². The highest BCUT2D eigenvalue weighted by Gasteiger charge is 2.38. The van der Waals surface area contributed by atoms with Crippen LogP contribution in [0.3, 0.4) is 0 Å². The Balaban J connectivity index is 0.000000444. The molecule has 7 rings (SSSR count). The molecule has 3 aromatic heterocycles. The lowest BCUT2D eigenvalue weighted by Crippen LogP contribution is -2.37. The molecular formula is C35H35ClF6N8O2. The van der Waals surface area contributed by atoms with Gasteiger partial charge in [-0.2, -0.15) is 23.1 Å². The van der Waals surface area contributed by atoms with E-state index >= 15 is 4.39 Å². The lowest BCUT2D eigenvalue weighted by atomic mass is 10.0. The number of amides is 1. The summed E-state index contributed by atoms with van der Waals surface area (Å²) in [5, 5.41) is -0.513. The number of likely N-dealkylation sites (tertiary alicyclic amines) is 1. The number of carbonyl (C=O) groups is 1. The number of hydrogen-bond acceptors (Lipinski definition) is 9. The van der Waals surface area contributed by atoms with Crippen molar-refractivity contribution in [1.29, 1.82) is 0 Å². The fraction of sp³-hybridized carbons (Fsp3) is 0.429. The zero-order valence-corrected chi connectivity index (χ0v) is 29.2. The van der Waals surface area contributed by atoms with Crippen molar-refractivity contribution in [2.75, 3.05) is 45.2 Å². The Morgan fingerprint density at radius 2 is 1.88 bits per heavy atom. The molecule has 276 valence electrons. The summed E-state index contributed by atoms with van der Waals surface area (Å²) < 4.78 is 89.9. The third-order valence-electron chi connectivity index (χ3n) is 9.45. The molecular weight excluding hydrogens is 714 g/mol. The van der Waals surface area contributed by atoms with Crippen LogP contribution in [0.4, 0.5) is 32.2 Å². The van der Waals surface area contributed by atoms with Gasteiger partial charge in [0.25, 0.3) is 5.91 Å². The Morgan fingerprint density at radius 3 is 2.60 bits per heavy atom. The molecule has 3 saturated heterocycles. The van der Waals surface area contributed by atoms with E-state index < -0.39 is 51.7 Å². The van der Waals surface area contributed by atoms with Crippen LogP contribution in [0, 0.1) is 12.7 Å². The monoisotopic (exact) mass is 748 g/mol. The molecule has 0 spiro atoms. The third-order valence-corrected chi connectivity index (χ3v) is 9.76. The highest BCUT2D eigenvalue weighted by atomic mass is 35.5. The molecule has 1 amide bonds. The van der Waals surface area contributed by atoms with E-state index in [9.17, 15) is 26.7 Å². The van der Waals surface area contributed by atoms with E-state index in [1.54, 1.807) is 18.9 Å². The molecule has 3 aliphatic rings. The number of methoxy groups -OCH3 is 1. The van der Waals surface area contributed by atoms with E-state index in [1.165, 1.54) is 49.4 Å². The second kappa shape index (κ2) is 15.2. The molecule has 3 atom stereocenters. The first-order valence-corrected chi connectivity index (χ1v) is 17.0. The van der Waals surface area contributed by atoms with Gasteiger partial charge in [-0.15, -0.1) is 0 Å². The van der Waals surface area contributed by atoms with Gasteiger partial charge in [-0.3, -0.25) is 14.7 Å². The summed E-state index contributed by atoms with van der Waals surface area (Å²) in [6.07, 6.45) is 2.02. The van der Waals surface area contributed by atoms with Crippen molar-refractivity contribution in [3.05, 3.63) is 70.4 Å². The molecule has 10 nitrogen and oxygen atoms in total. The highest BCUT2D eigenvalue weighted by Crippen LogP contribution is 2.43. The number of halogens is 7. The predicted molar refractivity (Wildman–Crippen MR) is 183 cm³/mol. The van der Waals surface area contributed by atoms with E-state index in [0.717, 1.165) is 31.2 Å². The summed E-state index contributed by atoms with van der Waals surface area (Å²) >= 11 is 5.84. The number of fused-ring (bicyclic) bond motifs is 2. The van der Waals surface area contributed by atoms with Gasteiger partial charge >= 0.3 is 12.2 Å². The molecule has 0 bridgehead atoms. The van der Waals surface area contributed by atoms with Gasteiger partial charge in [0, 0.05) is 62.8 Å². The number of anilines is 1. The molecule has 3 aliphatic heterocycles. The predicted octanol–water partition coefficient (Wildman–Crippen LogP) is 6.85. The minimum absolute atomic E-state index is 0.0927. The van der Waals surface area contributed by atoms with Gasteiger partial charge in [0.05, 0.1) is 28.8 Å². The van der Waals surface area contributed by atoms with Crippen LogP contribution in [0.2, 0.25) is 5.02 Å². The van der Waals surface area contributed by atoms with Crippen LogP contribution in [0.5, 0.6) is 6.01 Å². The first-order valence-electron chi connectivity index (χ1n) is 16.6. The molecule has 3 unspecified atom stereocenters. The largest absolute Gasteiger partial charge is 0.467 e. The maximum absolute atomic E-state index is 15.9. The minimum atomic E-state index is -4.88. The van der Waals surface area contributed by atoms with Crippen LogP contribution in [0.25, 0.3) is 28.2 Å². The SMILES string of the molecule is COc1nc(N(C)C2CCN(C(=O)/C(F)=C/c3ccnc(C)n3)C2)c2cnc(-c3cccc(Cl)c3C(F)(F)F)c(F)c2n1.FC1CC2CCCN2C1. The number of benzene rings is 1. The van der Waals surface area contributed by atoms with Crippen LogP contribution in [-0.4, -0.2) is 99.2 Å². The van der Waals surface area contributed by atoms with Crippen molar-refractivity contribution in [3.8, 4) is 17.3 Å². The summed E-state index contributed by atoms with van der Waals surface area (Å²) in [5.41, 5.74) is -2.46.